The number of aryl methyl sites for hydroxylation is 2. The minimum atomic E-state index is 0.0427. The summed E-state index contributed by atoms with van der Waals surface area (Å²) in [5.41, 5.74) is 4.99. The van der Waals surface area contributed by atoms with Crippen LogP contribution >= 0.6 is 11.3 Å². The third-order valence-corrected chi connectivity index (χ3v) is 6.21. The molecule has 164 valence electrons. The lowest BCUT2D eigenvalue weighted by atomic mass is 10.1. The van der Waals surface area contributed by atoms with Gasteiger partial charge in [0.2, 0.25) is 0 Å². The van der Waals surface area contributed by atoms with E-state index in [1.165, 1.54) is 5.56 Å². The summed E-state index contributed by atoms with van der Waals surface area (Å²) in [6.07, 6.45) is 0. The molecule has 0 saturated heterocycles. The van der Waals surface area contributed by atoms with Crippen molar-refractivity contribution in [1.29, 1.82) is 0 Å². The van der Waals surface area contributed by atoms with E-state index in [2.05, 4.69) is 24.8 Å². The van der Waals surface area contributed by atoms with Crippen LogP contribution in [0.1, 0.15) is 37.7 Å². The summed E-state index contributed by atoms with van der Waals surface area (Å²) in [5.74, 6) is 0.931. The van der Waals surface area contributed by atoms with Gasteiger partial charge in [-0.25, -0.2) is 4.98 Å². The summed E-state index contributed by atoms with van der Waals surface area (Å²) < 4.78 is 5.99. The van der Waals surface area contributed by atoms with Gasteiger partial charge in [-0.3, -0.25) is 4.79 Å². The maximum Gasteiger partial charge on any atom is 0.254 e. The Kier molecular flexibility index (Phi) is 7.82. The number of aromatic nitrogens is 1. The lowest BCUT2D eigenvalue weighted by molar-refractivity contribution is 0.0729. The number of thiazole rings is 1. The number of carbonyl (C=O) groups excluding carboxylic acids is 1. The molecule has 1 heterocycles. The van der Waals surface area contributed by atoms with Gasteiger partial charge in [0.25, 0.3) is 5.91 Å². The summed E-state index contributed by atoms with van der Waals surface area (Å²) in [4.78, 5) is 21.9. The van der Waals surface area contributed by atoms with Gasteiger partial charge >= 0.3 is 0 Å². The van der Waals surface area contributed by atoms with E-state index in [-0.39, 0.29) is 5.91 Å². The molecule has 0 radical (unpaired) electrons. The molecule has 5 nitrogen and oxygen atoms in total. The number of likely N-dealkylation sites (N-methyl/N-ethyl adjacent to an activating group) is 1. The highest BCUT2D eigenvalue weighted by molar-refractivity contribution is 7.09. The number of amides is 1. The third-order valence-electron chi connectivity index (χ3n) is 5.34. The van der Waals surface area contributed by atoms with Gasteiger partial charge in [-0.2, -0.15) is 0 Å². The smallest absolute Gasteiger partial charge is 0.254 e. The molecule has 0 spiro atoms. The second kappa shape index (κ2) is 10.6. The SMILES string of the molecule is Cc1ccccc1C(=O)N(CCN(C)C)Cc1csc(COc2cccc(C)c2C)n1. The van der Waals surface area contributed by atoms with Crippen molar-refractivity contribution in [2.75, 3.05) is 27.2 Å². The number of carbonyl (C=O) groups is 1. The molecular formula is C25H31N3O2S. The summed E-state index contributed by atoms with van der Waals surface area (Å²) in [6.45, 7) is 8.48. The fourth-order valence-electron chi connectivity index (χ4n) is 3.26. The molecule has 0 bridgehead atoms. The topological polar surface area (TPSA) is 45.7 Å². The van der Waals surface area contributed by atoms with E-state index in [0.29, 0.717) is 19.7 Å². The minimum Gasteiger partial charge on any atom is -0.486 e. The molecule has 31 heavy (non-hydrogen) atoms. The Morgan fingerprint density at radius 1 is 1.00 bits per heavy atom. The van der Waals surface area contributed by atoms with Crippen LogP contribution in [0.3, 0.4) is 0 Å². The number of benzene rings is 2. The van der Waals surface area contributed by atoms with Crippen LogP contribution in [0, 0.1) is 20.8 Å². The van der Waals surface area contributed by atoms with Gasteiger partial charge in [-0.15, -0.1) is 11.3 Å². The molecule has 0 unspecified atom stereocenters. The summed E-state index contributed by atoms with van der Waals surface area (Å²) >= 11 is 1.57. The van der Waals surface area contributed by atoms with Crippen molar-refractivity contribution in [3.05, 3.63) is 80.8 Å². The summed E-state index contributed by atoms with van der Waals surface area (Å²) in [7, 11) is 4.03. The van der Waals surface area contributed by atoms with Crippen molar-refractivity contribution in [2.45, 2.75) is 33.9 Å². The van der Waals surface area contributed by atoms with Crippen LogP contribution in [0.2, 0.25) is 0 Å². The molecule has 0 aliphatic heterocycles. The number of rotatable bonds is 9. The molecule has 3 rings (SSSR count). The van der Waals surface area contributed by atoms with Crippen molar-refractivity contribution in [2.24, 2.45) is 0 Å². The molecule has 6 heteroatoms. The first-order chi connectivity index (χ1) is 14.8. The third kappa shape index (κ3) is 6.15. The molecule has 0 aliphatic rings. The predicted molar refractivity (Wildman–Crippen MR) is 127 cm³/mol. The van der Waals surface area contributed by atoms with Gasteiger partial charge in [-0.1, -0.05) is 30.3 Å². The highest BCUT2D eigenvalue weighted by Gasteiger charge is 2.19. The molecule has 0 saturated carbocycles. The number of ether oxygens (including phenoxy) is 1. The van der Waals surface area contributed by atoms with Crippen LogP contribution in [0.15, 0.2) is 47.8 Å². The zero-order chi connectivity index (χ0) is 22.4. The standard InChI is InChI=1S/C25H31N3O2S/c1-18-10-8-12-23(20(18)3)30-16-24-26-21(17-31-24)15-28(14-13-27(4)5)25(29)22-11-7-6-9-19(22)2/h6-12,17H,13-16H2,1-5H3. The van der Waals surface area contributed by atoms with E-state index < -0.39 is 0 Å². The first-order valence-electron chi connectivity index (χ1n) is 10.5. The van der Waals surface area contributed by atoms with E-state index in [1.807, 2.05) is 67.7 Å². The Balaban J connectivity index is 1.70. The average molecular weight is 438 g/mol. The van der Waals surface area contributed by atoms with Crippen LogP contribution in [-0.4, -0.2) is 47.9 Å². The van der Waals surface area contributed by atoms with E-state index in [0.717, 1.165) is 39.7 Å². The van der Waals surface area contributed by atoms with Crippen molar-refractivity contribution in [3.63, 3.8) is 0 Å². The zero-order valence-electron chi connectivity index (χ0n) is 19.0. The Labute approximate surface area is 189 Å². The molecule has 0 atom stereocenters. The van der Waals surface area contributed by atoms with E-state index in [9.17, 15) is 4.79 Å². The Morgan fingerprint density at radius 3 is 2.48 bits per heavy atom. The van der Waals surface area contributed by atoms with Crippen LogP contribution in [0.5, 0.6) is 5.75 Å². The van der Waals surface area contributed by atoms with Gasteiger partial charge in [-0.05, 0) is 63.7 Å². The molecule has 0 fully saturated rings. The quantitative estimate of drug-likeness (QED) is 0.480. The van der Waals surface area contributed by atoms with Gasteiger partial charge in [0.1, 0.15) is 17.4 Å². The molecule has 1 aromatic heterocycles. The second-order valence-corrected chi connectivity index (χ2v) is 9.01. The van der Waals surface area contributed by atoms with E-state index >= 15 is 0 Å². The Morgan fingerprint density at radius 2 is 1.74 bits per heavy atom. The van der Waals surface area contributed by atoms with E-state index in [1.54, 1.807) is 11.3 Å². The summed E-state index contributed by atoms with van der Waals surface area (Å²) in [6, 6.07) is 13.8. The molecule has 2 aromatic carbocycles. The number of nitrogens with zero attached hydrogens (tertiary/aromatic N) is 3. The van der Waals surface area contributed by atoms with Gasteiger partial charge in [0.15, 0.2) is 0 Å². The first-order valence-corrected chi connectivity index (χ1v) is 11.3. The van der Waals surface area contributed by atoms with Crippen LogP contribution in [0.25, 0.3) is 0 Å². The second-order valence-electron chi connectivity index (χ2n) is 8.06. The van der Waals surface area contributed by atoms with Crippen molar-refractivity contribution in [1.82, 2.24) is 14.8 Å². The van der Waals surface area contributed by atoms with Crippen LogP contribution in [-0.2, 0) is 13.2 Å². The normalized spacial score (nSPS) is 11.0. The van der Waals surface area contributed by atoms with Gasteiger partial charge in [0, 0.05) is 24.0 Å². The highest BCUT2D eigenvalue weighted by atomic mass is 32.1. The first kappa shape index (κ1) is 23.0. The van der Waals surface area contributed by atoms with Gasteiger partial charge < -0.3 is 14.5 Å². The molecule has 3 aromatic rings. The maximum absolute atomic E-state index is 13.2. The molecule has 0 aliphatic carbocycles. The fraction of sp³-hybridized carbons (Fsp3) is 0.360. The highest BCUT2D eigenvalue weighted by Crippen LogP contribution is 2.23. The average Bonchev–Trinajstić information content (AvgIpc) is 3.19. The lowest BCUT2D eigenvalue weighted by Gasteiger charge is -2.24. The predicted octanol–water partition coefficient (Wildman–Crippen LogP) is 4.85. The molecule has 1 amide bonds. The largest absolute Gasteiger partial charge is 0.486 e. The van der Waals surface area contributed by atoms with Crippen LogP contribution in [0.4, 0.5) is 0 Å². The monoisotopic (exact) mass is 437 g/mol. The fourth-order valence-corrected chi connectivity index (χ4v) is 3.96. The van der Waals surface area contributed by atoms with E-state index in [4.69, 9.17) is 9.72 Å². The Bertz CT molecular complexity index is 1030. The number of hydrogen-bond acceptors (Lipinski definition) is 5. The molecular weight excluding hydrogens is 406 g/mol. The zero-order valence-corrected chi connectivity index (χ0v) is 19.8. The van der Waals surface area contributed by atoms with Crippen molar-refractivity contribution >= 4 is 17.2 Å². The van der Waals surface area contributed by atoms with Crippen molar-refractivity contribution in [3.8, 4) is 5.75 Å². The Hall–Kier alpha value is -2.70. The summed E-state index contributed by atoms with van der Waals surface area (Å²) in [5, 5.41) is 2.93. The number of hydrogen-bond donors (Lipinski definition) is 0. The van der Waals surface area contributed by atoms with Crippen molar-refractivity contribution < 1.29 is 9.53 Å². The minimum absolute atomic E-state index is 0.0427. The van der Waals surface area contributed by atoms with Crippen LogP contribution < -0.4 is 4.74 Å². The lowest BCUT2D eigenvalue weighted by Crippen LogP contribution is -2.36. The maximum atomic E-state index is 13.2. The molecule has 0 N–H and O–H groups in total. The van der Waals surface area contributed by atoms with Gasteiger partial charge in [0.05, 0.1) is 12.2 Å².